The maximum atomic E-state index is 9.57. The summed E-state index contributed by atoms with van der Waals surface area (Å²) in [5, 5.41) is 13.0. The van der Waals surface area contributed by atoms with Crippen LogP contribution in [0.25, 0.3) is 0 Å². The minimum Gasteiger partial charge on any atom is -0.297 e. The summed E-state index contributed by atoms with van der Waals surface area (Å²) in [4.78, 5) is 2.61. The van der Waals surface area contributed by atoms with Gasteiger partial charge in [-0.2, -0.15) is 5.26 Å². The molecule has 0 spiro atoms. The third-order valence-corrected chi connectivity index (χ3v) is 4.11. The molecule has 0 aliphatic carbocycles. The Labute approximate surface area is 133 Å². The average Bonchev–Trinajstić information content (AvgIpc) is 2.37. The lowest BCUT2D eigenvalue weighted by atomic mass is 9.91. The van der Waals surface area contributed by atoms with Crippen molar-refractivity contribution in [2.24, 2.45) is 5.92 Å². The van der Waals surface area contributed by atoms with Crippen molar-refractivity contribution in [2.75, 3.05) is 6.54 Å². The Kier molecular flexibility index (Phi) is 9.17. The van der Waals surface area contributed by atoms with Crippen LogP contribution in [0.1, 0.15) is 74.7 Å². The average molecular weight is 296 g/mol. The Balaban J connectivity index is 5.02. The van der Waals surface area contributed by atoms with E-state index in [1.54, 1.807) is 0 Å². The van der Waals surface area contributed by atoms with Gasteiger partial charge in [-0.05, 0) is 52.9 Å². The first-order valence-electron chi connectivity index (χ1n) is 8.63. The van der Waals surface area contributed by atoms with Crippen molar-refractivity contribution in [2.45, 2.75) is 98.3 Å². The zero-order valence-electron chi connectivity index (χ0n) is 15.5. The van der Waals surface area contributed by atoms with E-state index in [4.69, 9.17) is 0 Å². The molecule has 2 atom stereocenters. The molecule has 0 aromatic carbocycles. The highest BCUT2D eigenvalue weighted by molar-refractivity contribution is 5.06. The van der Waals surface area contributed by atoms with E-state index in [0.717, 1.165) is 13.0 Å². The summed E-state index contributed by atoms with van der Waals surface area (Å²) < 4.78 is 0. The Morgan fingerprint density at radius 2 is 1.62 bits per heavy atom. The quantitative estimate of drug-likeness (QED) is 0.657. The summed E-state index contributed by atoms with van der Waals surface area (Å²) in [5.41, 5.74) is -0.450. The van der Waals surface area contributed by atoms with Crippen molar-refractivity contribution in [3.8, 4) is 6.07 Å². The van der Waals surface area contributed by atoms with Crippen LogP contribution in [0.15, 0.2) is 0 Å². The van der Waals surface area contributed by atoms with Crippen LogP contribution in [0.2, 0.25) is 0 Å². The van der Waals surface area contributed by atoms with Crippen LogP contribution in [0.3, 0.4) is 0 Å². The van der Waals surface area contributed by atoms with E-state index in [1.807, 2.05) is 6.92 Å². The summed E-state index contributed by atoms with van der Waals surface area (Å²) in [5.74, 6) is 0.652. The van der Waals surface area contributed by atoms with E-state index in [0.29, 0.717) is 24.0 Å². The molecule has 0 amide bonds. The summed E-state index contributed by atoms with van der Waals surface area (Å²) in [6, 6.07) is 3.84. The Morgan fingerprint density at radius 3 is 1.95 bits per heavy atom. The molecular weight excluding hydrogens is 258 g/mol. The second-order valence-electron chi connectivity index (χ2n) is 7.36. The van der Waals surface area contributed by atoms with Crippen LogP contribution in [0.5, 0.6) is 0 Å². The van der Waals surface area contributed by atoms with Gasteiger partial charge in [-0.1, -0.05) is 27.7 Å². The van der Waals surface area contributed by atoms with Gasteiger partial charge in [-0.25, -0.2) is 0 Å². The van der Waals surface area contributed by atoms with Crippen LogP contribution < -0.4 is 5.32 Å². The Hall–Kier alpha value is -0.590. The predicted molar refractivity (Wildman–Crippen MR) is 92.3 cm³/mol. The number of nitrogens with zero attached hydrogens (tertiary/aromatic N) is 2. The fraction of sp³-hybridized carbons (Fsp3) is 0.944. The van der Waals surface area contributed by atoms with Crippen LogP contribution >= 0.6 is 0 Å². The molecule has 0 saturated heterocycles. The molecular formula is C18H37N3. The lowest BCUT2D eigenvalue weighted by Gasteiger charge is -2.40. The maximum Gasteiger partial charge on any atom is 0.105 e. The van der Waals surface area contributed by atoms with Crippen molar-refractivity contribution >= 4 is 0 Å². The van der Waals surface area contributed by atoms with Gasteiger partial charge in [0.2, 0.25) is 0 Å². The third-order valence-electron chi connectivity index (χ3n) is 4.11. The summed E-state index contributed by atoms with van der Waals surface area (Å²) in [7, 11) is 0. The van der Waals surface area contributed by atoms with E-state index >= 15 is 0 Å². The van der Waals surface area contributed by atoms with Gasteiger partial charge < -0.3 is 0 Å². The molecule has 0 aliphatic rings. The van der Waals surface area contributed by atoms with Gasteiger partial charge in [-0.3, -0.25) is 10.2 Å². The zero-order chi connectivity index (χ0) is 16.6. The van der Waals surface area contributed by atoms with Crippen molar-refractivity contribution < 1.29 is 0 Å². The topological polar surface area (TPSA) is 39.1 Å². The van der Waals surface area contributed by atoms with Crippen molar-refractivity contribution in [3.63, 3.8) is 0 Å². The van der Waals surface area contributed by atoms with E-state index in [9.17, 15) is 5.26 Å². The number of rotatable bonds is 10. The van der Waals surface area contributed by atoms with Crippen LogP contribution in [-0.2, 0) is 0 Å². The molecule has 0 aromatic rings. The lowest BCUT2D eigenvalue weighted by molar-refractivity contribution is 0.0992. The van der Waals surface area contributed by atoms with Crippen molar-refractivity contribution in [1.82, 2.24) is 10.2 Å². The number of nitriles is 1. The normalized spacial score (nSPS) is 16.5. The molecule has 3 heteroatoms. The first-order chi connectivity index (χ1) is 9.68. The molecule has 1 N–H and O–H groups in total. The molecule has 124 valence electrons. The molecule has 3 nitrogen and oxygen atoms in total. The van der Waals surface area contributed by atoms with Crippen molar-refractivity contribution in [1.29, 1.82) is 5.26 Å². The molecule has 0 aromatic heterocycles. The molecule has 2 unspecified atom stereocenters. The molecule has 0 rings (SSSR count). The molecule has 0 radical (unpaired) electrons. The van der Waals surface area contributed by atoms with Gasteiger partial charge in [0, 0.05) is 24.7 Å². The van der Waals surface area contributed by atoms with Gasteiger partial charge in [0.05, 0.1) is 6.07 Å². The molecule has 21 heavy (non-hydrogen) atoms. The maximum absolute atomic E-state index is 9.57. The molecule has 0 fully saturated rings. The van der Waals surface area contributed by atoms with Gasteiger partial charge in [-0.15, -0.1) is 0 Å². The van der Waals surface area contributed by atoms with E-state index in [2.05, 4.69) is 64.8 Å². The van der Waals surface area contributed by atoms with Gasteiger partial charge >= 0.3 is 0 Å². The minimum atomic E-state index is -0.450. The summed E-state index contributed by atoms with van der Waals surface area (Å²) in [6.07, 6.45) is 3.22. The molecule has 0 aliphatic heterocycles. The zero-order valence-corrected chi connectivity index (χ0v) is 15.5. The lowest BCUT2D eigenvalue weighted by Crippen LogP contribution is -2.52. The second kappa shape index (κ2) is 9.43. The predicted octanol–water partition coefficient (Wildman–Crippen LogP) is 4.19. The van der Waals surface area contributed by atoms with Crippen LogP contribution in [0, 0.1) is 17.2 Å². The smallest absolute Gasteiger partial charge is 0.105 e. The minimum absolute atomic E-state index is 0.327. The fourth-order valence-electron chi connectivity index (χ4n) is 3.35. The van der Waals surface area contributed by atoms with Gasteiger partial charge in [0.25, 0.3) is 0 Å². The highest BCUT2D eigenvalue weighted by atomic mass is 15.2. The standard InChI is InChI=1S/C18H37N3/c1-9-17(10-2)21(12-14(3)4)16(7)11-18(8,13-19)20-15(5)6/h14-17,20H,9-12H2,1-8H3. The monoisotopic (exact) mass is 295 g/mol. The Morgan fingerprint density at radius 1 is 1.10 bits per heavy atom. The van der Waals surface area contributed by atoms with Gasteiger partial charge in [0.1, 0.15) is 5.54 Å². The van der Waals surface area contributed by atoms with Crippen LogP contribution in [-0.4, -0.2) is 35.1 Å². The molecule has 0 saturated carbocycles. The number of hydrogen-bond acceptors (Lipinski definition) is 3. The van der Waals surface area contributed by atoms with E-state index < -0.39 is 5.54 Å². The highest BCUT2D eigenvalue weighted by Crippen LogP contribution is 2.22. The summed E-state index contributed by atoms with van der Waals surface area (Å²) >= 11 is 0. The molecule has 0 bridgehead atoms. The third kappa shape index (κ3) is 7.29. The summed E-state index contributed by atoms with van der Waals surface area (Å²) in [6.45, 7) is 18.7. The SMILES string of the molecule is CCC(CC)N(CC(C)C)C(C)CC(C)(C#N)NC(C)C. The molecule has 0 heterocycles. The first-order valence-corrected chi connectivity index (χ1v) is 8.63. The second-order valence-corrected chi connectivity index (χ2v) is 7.36. The van der Waals surface area contributed by atoms with Gasteiger partial charge in [0.15, 0.2) is 0 Å². The van der Waals surface area contributed by atoms with Crippen molar-refractivity contribution in [3.05, 3.63) is 0 Å². The Bertz CT molecular complexity index is 315. The highest BCUT2D eigenvalue weighted by Gasteiger charge is 2.31. The fourth-order valence-corrected chi connectivity index (χ4v) is 3.35. The first kappa shape index (κ1) is 20.4. The largest absolute Gasteiger partial charge is 0.297 e. The number of nitrogens with one attached hydrogen (secondary N) is 1. The van der Waals surface area contributed by atoms with E-state index in [1.165, 1.54) is 12.8 Å². The van der Waals surface area contributed by atoms with E-state index in [-0.39, 0.29) is 0 Å². The number of hydrogen-bond donors (Lipinski definition) is 1. The van der Waals surface area contributed by atoms with Crippen LogP contribution in [0.4, 0.5) is 0 Å².